The Morgan fingerprint density at radius 3 is 3.00 bits per heavy atom. The summed E-state index contributed by atoms with van der Waals surface area (Å²) in [5.74, 6) is -0.315. The van der Waals surface area contributed by atoms with Crippen LogP contribution in [-0.2, 0) is 4.74 Å². The first-order valence-electron chi connectivity index (χ1n) is 5.97. The lowest BCUT2D eigenvalue weighted by Crippen LogP contribution is -2.14. The average molecular weight is 254 g/mol. The van der Waals surface area contributed by atoms with Gasteiger partial charge in [0.05, 0.1) is 13.3 Å². The summed E-state index contributed by atoms with van der Waals surface area (Å²) < 4.78 is 4.65. The van der Waals surface area contributed by atoms with E-state index in [0.29, 0.717) is 10.3 Å². The second-order valence-electron chi connectivity index (χ2n) is 4.62. The lowest BCUT2D eigenvalue weighted by atomic mass is 10.0. The quantitative estimate of drug-likeness (QED) is 0.793. The Kier molecular flexibility index (Phi) is 3.66. The number of nitrogens with zero attached hydrogens (tertiary/aromatic N) is 1. The highest BCUT2D eigenvalue weighted by molar-refractivity contribution is 7.17. The van der Waals surface area contributed by atoms with Gasteiger partial charge in [-0.3, -0.25) is 0 Å². The molecule has 4 nitrogen and oxygen atoms in total. The van der Waals surface area contributed by atoms with E-state index in [1.807, 2.05) is 0 Å². The zero-order valence-electron chi connectivity index (χ0n) is 10.3. The number of anilines is 1. The number of methoxy groups -OCH3 is 1. The summed E-state index contributed by atoms with van der Waals surface area (Å²) in [6.07, 6.45) is 6.69. The topological polar surface area (TPSA) is 51.2 Å². The van der Waals surface area contributed by atoms with Gasteiger partial charge >= 0.3 is 5.97 Å². The Labute approximate surface area is 105 Å². The van der Waals surface area contributed by atoms with Gasteiger partial charge in [0.25, 0.3) is 0 Å². The largest absolute Gasteiger partial charge is 0.465 e. The molecule has 0 saturated heterocycles. The maximum atomic E-state index is 11.3. The molecule has 1 fully saturated rings. The number of esters is 1. The van der Waals surface area contributed by atoms with Crippen molar-refractivity contribution in [1.29, 1.82) is 0 Å². The maximum absolute atomic E-state index is 11.3. The van der Waals surface area contributed by atoms with Crippen LogP contribution in [0.3, 0.4) is 0 Å². The molecule has 1 saturated carbocycles. The molecule has 0 bridgehead atoms. The van der Waals surface area contributed by atoms with E-state index in [1.54, 1.807) is 6.20 Å². The fourth-order valence-corrected chi connectivity index (χ4v) is 2.77. The molecule has 0 radical (unpaired) electrons. The van der Waals surface area contributed by atoms with Crippen molar-refractivity contribution >= 4 is 22.4 Å². The van der Waals surface area contributed by atoms with Gasteiger partial charge in [-0.25, -0.2) is 9.78 Å². The van der Waals surface area contributed by atoms with E-state index in [-0.39, 0.29) is 5.97 Å². The molecule has 1 aromatic rings. The molecule has 1 N–H and O–H groups in total. The second kappa shape index (κ2) is 5.04. The number of ether oxygens (including phenoxy) is 1. The van der Waals surface area contributed by atoms with Gasteiger partial charge in [0.15, 0.2) is 5.13 Å². The monoisotopic (exact) mass is 254 g/mol. The molecule has 1 heterocycles. The van der Waals surface area contributed by atoms with Crippen molar-refractivity contribution in [3.8, 4) is 0 Å². The molecule has 17 heavy (non-hydrogen) atoms. The lowest BCUT2D eigenvalue weighted by Gasteiger charge is -2.13. The highest BCUT2D eigenvalue weighted by atomic mass is 32.1. The second-order valence-corrected chi connectivity index (χ2v) is 5.66. The molecule has 0 aromatic carbocycles. The van der Waals surface area contributed by atoms with E-state index in [4.69, 9.17) is 0 Å². The minimum atomic E-state index is -0.315. The number of hydrogen-bond acceptors (Lipinski definition) is 5. The van der Waals surface area contributed by atoms with Crippen LogP contribution in [0.2, 0.25) is 0 Å². The molecule has 1 aliphatic rings. The molecule has 0 spiro atoms. The minimum absolute atomic E-state index is 0.315. The first kappa shape index (κ1) is 12.4. The van der Waals surface area contributed by atoms with Crippen LogP contribution < -0.4 is 5.32 Å². The van der Waals surface area contributed by atoms with Crippen LogP contribution in [-0.4, -0.2) is 24.6 Å². The van der Waals surface area contributed by atoms with Crippen LogP contribution in [0.4, 0.5) is 5.13 Å². The van der Waals surface area contributed by atoms with Crippen LogP contribution in [0.5, 0.6) is 0 Å². The summed E-state index contributed by atoms with van der Waals surface area (Å²) in [5.41, 5.74) is 0.492. The number of carbonyl (C=O) groups is 1. The number of thiazole rings is 1. The van der Waals surface area contributed by atoms with Gasteiger partial charge in [0, 0.05) is 6.54 Å². The van der Waals surface area contributed by atoms with Crippen molar-refractivity contribution in [2.45, 2.75) is 32.6 Å². The van der Waals surface area contributed by atoms with Crippen LogP contribution in [0.15, 0.2) is 6.20 Å². The molecular formula is C12H18N2O2S. The van der Waals surface area contributed by atoms with Gasteiger partial charge in [0.2, 0.25) is 0 Å². The molecule has 0 amide bonds. The van der Waals surface area contributed by atoms with Crippen LogP contribution in [0.25, 0.3) is 0 Å². The summed E-state index contributed by atoms with van der Waals surface area (Å²) in [4.78, 5) is 16.0. The van der Waals surface area contributed by atoms with Gasteiger partial charge in [-0.05, 0) is 24.7 Å². The van der Waals surface area contributed by atoms with Crippen LogP contribution in [0.1, 0.15) is 42.3 Å². The van der Waals surface area contributed by atoms with E-state index in [0.717, 1.165) is 11.7 Å². The third-order valence-electron chi connectivity index (χ3n) is 3.24. The number of carbonyl (C=O) groups excluding carboxylic acids is 1. The number of nitrogens with one attached hydrogen (secondary N) is 1. The highest BCUT2D eigenvalue weighted by Crippen LogP contribution is 2.49. The molecule has 2 rings (SSSR count). The third kappa shape index (κ3) is 2.97. The molecule has 1 aliphatic carbocycles. The normalized spacial score (nSPS) is 16.6. The third-order valence-corrected chi connectivity index (χ3v) is 4.18. The number of aromatic nitrogens is 1. The Balaban J connectivity index is 1.87. The van der Waals surface area contributed by atoms with Crippen molar-refractivity contribution < 1.29 is 9.53 Å². The van der Waals surface area contributed by atoms with Crippen molar-refractivity contribution in [3.05, 3.63) is 11.1 Å². The van der Waals surface area contributed by atoms with E-state index >= 15 is 0 Å². The summed E-state index contributed by atoms with van der Waals surface area (Å²) in [5, 5.41) is 4.14. The summed E-state index contributed by atoms with van der Waals surface area (Å²) >= 11 is 1.36. The van der Waals surface area contributed by atoms with Crippen molar-refractivity contribution in [1.82, 2.24) is 4.98 Å². The van der Waals surface area contributed by atoms with E-state index in [2.05, 4.69) is 22.0 Å². The fraction of sp³-hybridized carbons (Fsp3) is 0.667. The molecule has 5 heteroatoms. The summed E-state index contributed by atoms with van der Waals surface area (Å²) in [6.45, 7) is 3.19. The highest BCUT2D eigenvalue weighted by Gasteiger charge is 2.41. The minimum Gasteiger partial charge on any atom is -0.465 e. The lowest BCUT2D eigenvalue weighted by molar-refractivity contribution is 0.0606. The Bertz CT molecular complexity index is 399. The van der Waals surface area contributed by atoms with E-state index in [1.165, 1.54) is 44.1 Å². The Hall–Kier alpha value is -1.10. The van der Waals surface area contributed by atoms with Crippen LogP contribution >= 0.6 is 11.3 Å². The fourth-order valence-electron chi connectivity index (χ4n) is 2.04. The predicted molar refractivity (Wildman–Crippen MR) is 68.5 cm³/mol. The van der Waals surface area contributed by atoms with Gasteiger partial charge in [-0.2, -0.15) is 0 Å². The Morgan fingerprint density at radius 1 is 1.65 bits per heavy atom. The molecular weight excluding hydrogens is 236 g/mol. The Morgan fingerprint density at radius 2 is 2.41 bits per heavy atom. The van der Waals surface area contributed by atoms with Crippen molar-refractivity contribution in [2.24, 2.45) is 5.41 Å². The zero-order valence-corrected chi connectivity index (χ0v) is 11.1. The van der Waals surface area contributed by atoms with Gasteiger partial charge in [0.1, 0.15) is 4.88 Å². The maximum Gasteiger partial charge on any atom is 0.349 e. The van der Waals surface area contributed by atoms with Crippen molar-refractivity contribution in [3.63, 3.8) is 0 Å². The summed E-state index contributed by atoms with van der Waals surface area (Å²) in [6, 6.07) is 0. The van der Waals surface area contributed by atoms with E-state index < -0.39 is 0 Å². The SMILES string of the molecule is CCCC1(CNc2ncc(C(=O)OC)s2)CC1. The van der Waals surface area contributed by atoms with Crippen LogP contribution in [0, 0.1) is 5.41 Å². The average Bonchev–Trinajstić information content (AvgIpc) is 2.93. The van der Waals surface area contributed by atoms with Gasteiger partial charge < -0.3 is 10.1 Å². The zero-order chi connectivity index (χ0) is 12.3. The first-order chi connectivity index (χ1) is 8.19. The number of hydrogen-bond donors (Lipinski definition) is 1. The summed E-state index contributed by atoms with van der Waals surface area (Å²) in [7, 11) is 1.38. The van der Waals surface area contributed by atoms with Gasteiger partial charge in [-0.15, -0.1) is 0 Å². The first-order valence-corrected chi connectivity index (χ1v) is 6.79. The van der Waals surface area contributed by atoms with Gasteiger partial charge in [-0.1, -0.05) is 24.7 Å². The van der Waals surface area contributed by atoms with Crippen molar-refractivity contribution in [2.75, 3.05) is 19.0 Å². The molecule has 0 aliphatic heterocycles. The molecule has 0 atom stereocenters. The number of rotatable bonds is 6. The standard InChI is InChI=1S/C12H18N2O2S/c1-3-4-12(5-6-12)8-14-11-13-7-9(17-11)10(15)16-2/h7H,3-6,8H2,1-2H3,(H,13,14). The molecule has 0 unspecified atom stereocenters. The molecule has 1 aromatic heterocycles. The predicted octanol–water partition coefficient (Wildman–Crippen LogP) is 2.92. The molecule has 94 valence electrons. The van der Waals surface area contributed by atoms with E-state index in [9.17, 15) is 4.79 Å². The smallest absolute Gasteiger partial charge is 0.349 e.